The van der Waals surface area contributed by atoms with Crippen LogP contribution in [0.2, 0.25) is 0 Å². The number of amides is 1. The number of piperidine rings is 1. The Morgan fingerprint density at radius 1 is 1.07 bits per heavy atom. The van der Waals surface area contributed by atoms with Crippen LogP contribution in [0.4, 0.5) is 25.3 Å². The van der Waals surface area contributed by atoms with Gasteiger partial charge in [0.15, 0.2) is 5.82 Å². The third-order valence-corrected chi connectivity index (χ3v) is 8.44. The molecule has 1 N–H and O–H groups in total. The van der Waals surface area contributed by atoms with Crippen LogP contribution in [-0.2, 0) is 11.3 Å². The van der Waals surface area contributed by atoms with E-state index in [0.29, 0.717) is 41.1 Å². The van der Waals surface area contributed by atoms with Crippen molar-refractivity contribution in [1.82, 2.24) is 34.3 Å². The Morgan fingerprint density at radius 3 is 2.53 bits per heavy atom. The molecule has 0 bridgehead atoms. The van der Waals surface area contributed by atoms with Crippen molar-refractivity contribution in [3.05, 3.63) is 59.8 Å². The van der Waals surface area contributed by atoms with Crippen LogP contribution in [0.3, 0.4) is 0 Å². The molecule has 12 heteroatoms. The summed E-state index contributed by atoms with van der Waals surface area (Å²) in [5.74, 6) is 0.670. The predicted octanol–water partition coefficient (Wildman–Crippen LogP) is 6.63. The zero-order valence-corrected chi connectivity index (χ0v) is 26.6. The molecule has 4 aromatic rings. The number of ether oxygens (including phenoxy) is 1. The minimum absolute atomic E-state index is 0.0609. The number of anilines is 2. The van der Waals surface area contributed by atoms with Gasteiger partial charge in [0.05, 0.1) is 17.8 Å². The van der Waals surface area contributed by atoms with Crippen LogP contribution < -0.4 is 5.32 Å². The highest BCUT2D eigenvalue weighted by molar-refractivity contribution is 5.84. The molecule has 2 fully saturated rings. The molecule has 2 saturated heterocycles. The number of aromatic nitrogens is 5. The average molecular weight is 619 g/mol. The van der Waals surface area contributed by atoms with E-state index in [9.17, 15) is 9.18 Å². The Labute approximate surface area is 261 Å². The fraction of sp³-hybridized carbons (Fsp3) is 0.485. The number of aryl methyl sites for hydroxylation is 1. The van der Waals surface area contributed by atoms with Crippen LogP contribution in [0.15, 0.2) is 36.8 Å². The van der Waals surface area contributed by atoms with Crippen molar-refractivity contribution in [3.63, 3.8) is 0 Å². The van der Waals surface area contributed by atoms with Crippen LogP contribution in [0.5, 0.6) is 0 Å². The van der Waals surface area contributed by atoms with Crippen molar-refractivity contribution < 1.29 is 18.3 Å². The molecule has 0 radical (unpaired) electrons. The second kappa shape index (κ2) is 12.0. The average Bonchev–Trinajstić information content (AvgIpc) is 3.54. The van der Waals surface area contributed by atoms with Gasteiger partial charge in [-0.1, -0.05) is 0 Å². The molecule has 2 aliphatic heterocycles. The molecule has 238 valence electrons. The van der Waals surface area contributed by atoms with Crippen molar-refractivity contribution >= 4 is 28.9 Å². The molecule has 1 amide bonds. The predicted molar refractivity (Wildman–Crippen MR) is 168 cm³/mol. The molecule has 3 aromatic heterocycles. The van der Waals surface area contributed by atoms with Crippen molar-refractivity contribution in [1.29, 1.82) is 0 Å². The SMILES string of the molecule is Cc1nc2c(F)cc(-c3cc(Nc4ncc(CN5C[C@H]6CCCN(C(=O)OC(C)(C)C)[C@H]6C5)cn4)ncc3F)cc2n1C(C)C. The van der Waals surface area contributed by atoms with Crippen LogP contribution in [0.1, 0.15) is 64.9 Å². The number of halogens is 2. The van der Waals surface area contributed by atoms with Gasteiger partial charge in [-0.05, 0) is 84.1 Å². The molecule has 1 aromatic carbocycles. The maximum absolute atomic E-state index is 15.1. The van der Waals surface area contributed by atoms with Gasteiger partial charge < -0.3 is 19.5 Å². The fourth-order valence-corrected chi connectivity index (χ4v) is 6.62. The lowest BCUT2D eigenvalue weighted by molar-refractivity contribution is 0.00620. The second-order valence-corrected chi connectivity index (χ2v) is 13.4. The zero-order valence-electron chi connectivity index (χ0n) is 26.6. The second-order valence-electron chi connectivity index (χ2n) is 13.4. The minimum Gasteiger partial charge on any atom is -0.444 e. The highest BCUT2D eigenvalue weighted by atomic mass is 19.1. The molecule has 10 nitrogen and oxygen atoms in total. The van der Waals surface area contributed by atoms with Crippen LogP contribution >= 0.6 is 0 Å². The monoisotopic (exact) mass is 618 g/mol. The summed E-state index contributed by atoms with van der Waals surface area (Å²) < 4.78 is 37.7. The van der Waals surface area contributed by atoms with E-state index in [1.807, 2.05) is 51.0 Å². The lowest BCUT2D eigenvalue weighted by Gasteiger charge is -2.37. The molecular formula is C33H40F2N8O2. The topological polar surface area (TPSA) is 101 Å². The first-order valence-electron chi connectivity index (χ1n) is 15.5. The lowest BCUT2D eigenvalue weighted by Crippen LogP contribution is -2.50. The van der Waals surface area contributed by atoms with E-state index in [4.69, 9.17) is 4.74 Å². The van der Waals surface area contributed by atoms with Gasteiger partial charge in [-0.25, -0.2) is 33.5 Å². The first-order chi connectivity index (χ1) is 21.4. The van der Waals surface area contributed by atoms with Crippen molar-refractivity contribution in [2.24, 2.45) is 5.92 Å². The number of nitrogens with one attached hydrogen (secondary N) is 1. The van der Waals surface area contributed by atoms with E-state index >= 15 is 4.39 Å². The summed E-state index contributed by atoms with van der Waals surface area (Å²) in [4.78, 5) is 34.5. The van der Waals surface area contributed by atoms with Gasteiger partial charge >= 0.3 is 6.09 Å². The van der Waals surface area contributed by atoms with E-state index in [0.717, 1.165) is 44.2 Å². The number of nitrogens with zero attached hydrogens (tertiary/aromatic N) is 7. The number of benzene rings is 1. The summed E-state index contributed by atoms with van der Waals surface area (Å²) in [6.07, 6.45) is 6.44. The molecule has 5 heterocycles. The Morgan fingerprint density at radius 2 is 1.82 bits per heavy atom. The number of hydrogen-bond donors (Lipinski definition) is 1. The van der Waals surface area contributed by atoms with Crippen LogP contribution in [-0.4, -0.2) is 71.7 Å². The summed E-state index contributed by atoms with van der Waals surface area (Å²) in [5.41, 5.74) is 1.88. The molecule has 2 aliphatic rings. The number of hydrogen-bond acceptors (Lipinski definition) is 8. The molecule has 45 heavy (non-hydrogen) atoms. The van der Waals surface area contributed by atoms with Gasteiger partial charge in [-0.2, -0.15) is 0 Å². The summed E-state index contributed by atoms with van der Waals surface area (Å²) in [6.45, 7) is 14.6. The van der Waals surface area contributed by atoms with Crippen molar-refractivity contribution in [2.45, 2.75) is 78.6 Å². The highest BCUT2D eigenvalue weighted by Crippen LogP contribution is 2.34. The third kappa shape index (κ3) is 6.47. The molecule has 6 rings (SSSR count). The molecule has 2 atom stereocenters. The maximum Gasteiger partial charge on any atom is 0.410 e. The molecule has 0 saturated carbocycles. The Kier molecular flexibility index (Phi) is 8.19. The molecular weight excluding hydrogens is 578 g/mol. The quantitative estimate of drug-likeness (QED) is 0.257. The normalized spacial score (nSPS) is 18.9. The van der Waals surface area contributed by atoms with E-state index in [1.165, 1.54) is 12.1 Å². The van der Waals surface area contributed by atoms with Gasteiger partial charge in [-0.3, -0.25) is 4.90 Å². The van der Waals surface area contributed by atoms with Gasteiger partial charge in [0, 0.05) is 55.7 Å². The first-order valence-corrected chi connectivity index (χ1v) is 15.5. The Bertz CT molecular complexity index is 1720. The van der Waals surface area contributed by atoms with E-state index < -0.39 is 17.2 Å². The number of imidazole rings is 1. The van der Waals surface area contributed by atoms with E-state index in [-0.39, 0.29) is 29.3 Å². The first kappa shape index (κ1) is 30.8. The van der Waals surface area contributed by atoms with Crippen molar-refractivity contribution in [3.8, 4) is 11.1 Å². The van der Waals surface area contributed by atoms with E-state index in [2.05, 4.69) is 30.2 Å². The summed E-state index contributed by atoms with van der Waals surface area (Å²) >= 11 is 0. The van der Waals surface area contributed by atoms with Crippen LogP contribution in [0.25, 0.3) is 22.2 Å². The van der Waals surface area contributed by atoms with Crippen molar-refractivity contribution in [2.75, 3.05) is 25.0 Å². The summed E-state index contributed by atoms with van der Waals surface area (Å²) in [5, 5.41) is 3.04. The maximum atomic E-state index is 15.1. The Hall–Kier alpha value is -4.19. The van der Waals surface area contributed by atoms with Gasteiger partial charge in [-0.15, -0.1) is 0 Å². The third-order valence-electron chi connectivity index (χ3n) is 8.44. The lowest BCUT2D eigenvalue weighted by atomic mass is 9.92. The number of likely N-dealkylation sites (tertiary alicyclic amines) is 2. The number of rotatable bonds is 6. The molecule has 0 aliphatic carbocycles. The van der Waals surface area contributed by atoms with E-state index in [1.54, 1.807) is 18.5 Å². The van der Waals surface area contributed by atoms with Gasteiger partial charge in [0.1, 0.15) is 28.6 Å². The molecule has 0 unspecified atom stereocenters. The summed E-state index contributed by atoms with van der Waals surface area (Å²) in [6, 6.07) is 4.78. The van der Waals surface area contributed by atoms with Gasteiger partial charge in [0.25, 0.3) is 0 Å². The van der Waals surface area contributed by atoms with Crippen LogP contribution in [0, 0.1) is 24.5 Å². The van der Waals surface area contributed by atoms with Gasteiger partial charge in [0.2, 0.25) is 5.95 Å². The number of fused-ring (bicyclic) bond motifs is 2. The Balaban J connectivity index is 1.14. The number of carbonyl (C=O) groups is 1. The smallest absolute Gasteiger partial charge is 0.410 e. The fourth-order valence-electron chi connectivity index (χ4n) is 6.62. The highest BCUT2D eigenvalue weighted by Gasteiger charge is 2.42. The minimum atomic E-state index is -0.570. The largest absolute Gasteiger partial charge is 0.444 e. The number of carbonyl (C=O) groups excluding carboxylic acids is 1. The standard InChI is InChI=1S/C33H40F2N8O2/c1-19(2)43-20(3)39-30-25(34)10-23(11-27(30)43)24-12-29(36-15-26(24)35)40-31-37-13-21(14-38-31)16-41-17-22-8-7-9-42(28(22)18-41)32(44)45-33(4,5)6/h10-15,19,22,28H,7-9,16-18H2,1-6H3,(H,36,37,38,40)/t22-,28+/m1/s1. The zero-order chi connectivity index (χ0) is 32.0. The summed E-state index contributed by atoms with van der Waals surface area (Å²) in [7, 11) is 0. The number of pyridine rings is 1. The molecule has 0 spiro atoms.